The minimum atomic E-state index is -0.249. The predicted molar refractivity (Wildman–Crippen MR) is 95.7 cm³/mol. The van der Waals surface area contributed by atoms with Gasteiger partial charge in [0.2, 0.25) is 0 Å². The summed E-state index contributed by atoms with van der Waals surface area (Å²) in [7, 11) is 2.00. The van der Waals surface area contributed by atoms with Gasteiger partial charge in [0, 0.05) is 25.7 Å². The Hall–Kier alpha value is -2.36. The van der Waals surface area contributed by atoms with Gasteiger partial charge in [-0.15, -0.1) is 0 Å². The summed E-state index contributed by atoms with van der Waals surface area (Å²) in [5.41, 5.74) is 4.01. The number of esters is 1. The van der Waals surface area contributed by atoms with E-state index in [1.165, 1.54) is 5.56 Å². The summed E-state index contributed by atoms with van der Waals surface area (Å²) < 4.78 is 5.25. The van der Waals surface area contributed by atoms with Crippen molar-refractivity contribution < 1.29 is 9.53 Å². The van der Waals surface area contributed by atoms with Crippen molar-refractivity contribution in [2.24, 2.45) is 0 Å². The molecule has 0 saturated heterocycles. The van der Waals surface area contributed by atoms with E-state index in [0.717, 1.165) is 36.5 Å². The second-order valence-corrected chi connectivity index (χ2v) is 6.60. The van der Waals surface area contributed by atoms with Crippen LogP contribution in [0, 0.1) is 0 Å². The molecule has 0 saturated carbocycles. The lowest BCUT2D eigenvalue weighted by atomic mass is 9.99. The molecule has 0 N–H and O–H groups in total. The maximum Gasteiger partial charge on any atom is 0.342 e. The molecule has 0 atom stereocenters. The summed E-state index contributed by atoms with van der Waals surface area (Å²) in [6.45, 7) is 5.52. The van der Waals surface area contributed by atoms with Gasteiger partial charge in [0.25, 0.3) is 0 Å². The number of nitrogens with zero attached hydrogens (tertiary/aromatic N) is 2. The van der Waals surface area contributed by atoms with Gasteiger partial charge >= 0.3 is 5.97 Å². The molecule has 0 fully saturated rings. The molecule has 0 bridgehead atoms. The number of likely N-dealkylation sites (N-methyl/N-ethyl adjacent to an activating group) is 1. The fraction of sp³-hybridized carbons (Fsp3) is 0.400. The van der Waals surface area contributed by atoms with E-state index in [2.05, 4.69) is 36.9 Å². The van der Waals surface area contributed by atoms with E-state index >= 15 is 0 Å². The highest BCUT2D eigenvalue weighted by Crippen LogP contribution is 2.29. The molecule has 24 heavy (non-hydrogen) atoms. The van der Waals surface area contributed by atoms with Gasteiger partial charge in [-0.3, -0.25) is 0 Å². The van der Waals surface area contributed by atoms with Crippen LogP contribution in [0.4, 0.5) is 5.82 Å². The van der Waals surface area contributed by atoms with Crippen molar-refractivity contribution in [1.82, 2.24) is 4.98 Å². The van der Waals surface area contributed by atoms with Crippen LogP contribution >= 0.6 is 0 Å². The van der Waals surface area contributed by atoms with Gasteiger partial charge in [-0.05, 0) is 29.5 Å². The summed E-state index contributed by atoms with van der Waals surface area (Å²) in [4.78, 5) is 19.1. The van der Waals surface area contributed by atoms with E-state index in [9.17, 15) is 4.79 Å². The first-order valence-electron chi connectivity index (χ1n) is 8.52. The Morgan fingerprint density at radius 3 is 2.71 bits per heavy atom. The van der Waals surface area contributed by atoms with E-state index in [0.29, 0.717) is 18.1 Å². The Kier molecular flexibility index (Phi) is 4.84. The van der Waals surface area contributed by atoms with Crippen LogP contribution in [0.2, 0.25) is 0 Å². The second-order valence-electron chi connectivity index (χ2n) is 6.60. The Morgan fingerprint density at radius 1 is 1.25 bits per heavy atom. The smallest absolute Gasteiger partial charge is 0.342 e. The van der Waals surface area contributed by atoms with Crippen molar-refractivity contribution in [3.05, 3.63) is 58.8 Å². The monoisotopic (exact) mass is 324 g/mol. The summed E-state index contributed by atoms with van der Waals surface area (Å²) in [5.74, 6) is 0.826. The van der Waals surface area contributed by atoms with Crippen molar-refractivity contribution in [2.75, 3.05) is 25.1 Å². The van der Waals surface area contributed by atoms with Gasteiger partial charge in [-0.2, -0.15) is 0 Å². The zero-order valence-corrected chi connectivity index (χ0v) is 14.6. The number of pyridine rings is 1. The van der Waals surface area contributed by atoms with Crippen molar-refractivity contribution >= 4 is 11.8 Å². The zero-order valence-electron chi connectivity index (χ0n) is 14.6. The van der Waals surface area contributed by atoms with Gasteiger partial charge in [-0.25, -0.2) is 9.78 Å². The zero-order chi connectivity index (χ0) is 17.1. The number of fused-ring (bicyclic) bond motifs is 1. The molecule has 126 valence electrons. The first kappa shape index (κ1) is 16.5. The Balaban J connectivity index is 1.90. The van der Waals surface area contributed by atoms with Crippen molar-refractivity contribution in [3.8, 4) is 0 Å². The second kappa shape index (κ2) is 7.04. The molecule has 4 heteroatoms. The summed E-state index contributed by atoms with van der Waals surface area (Å²) in [5, 5.41) is 0. The third-order valence-electron chi connectivity index (χ3n) is 4.44. The number of carbonyl (C=O) groups excluding carboxylic acids is 1. The fourth-order valence-corrected chi connectivity index (χ4v) is 2.97. The number of cyclic esters (lactones) is 1. The first-order chi connectivity index (χ1) is 11.6. The van der Waals surface area contributed by atoms with E-state index < -0.39 is 0 Å². The molecule has 1 aromatic carbocycles. The number of hydrogen-bond acceptors (Lipinski definition) is 4. The average molecular weight is 324 g/mol. The number of anilines is 1. The molecular weight excluding hydrogens is 300 g/mol. The Bertz CT molecular complexity index is 726. The topological polar surface area (TPSA) is 42.4 Å². The maximum absolute atomic E-state index is 12.3. The van der Waals surface area contributed by atoms with Gasteiger partial charge in [-0.1, -0.05) is 44.2 Å². The fourth-order valence-electron chi connectivity index (χ4n) is 2.97. The SMILES string of the molecule is CC(C)c1cc2c(c(N(C)CCc3ccccc3)n1)C(=O)OCC2. The largest absolute Gasteiger partial charge is 0.462 e. The quantitative estimate of drug-likeness (QED) is 0.788. The average Bonchev–Trinajstić information content (AvgIpc) is 2.59. The molecule has 1 aromatic heterocycles. The first-order valence-corrected chi connectivity index (χ1v) is 8.52. The van der Waals surface area contributed by atoms with Crippen LogP contribution in [-0.2, 0) is 17.6 Å². The van der Waals surface area contributed by atoms with E-state index in [1.54, 1.807) is 0 Å². The highest BCUT2D eigenvalue weighted by molar-refractivity contribution is 5.97. The normalized spacial score (nSPS) is 13.6. The van der Waals surface area contributed by atoms with Crippen LogP contribution in [-0.4, -0.2) is 31.2 Å². The highest BCUT2D eigenvalue weighted by atomic mass is 16.5. The molecule has 0 unspecified atom stereocenters. The molecule has 1 aliphatic rings. The highest BCUT2D eigenvalue weighted by Gasteiger charge is 2.26. The third-order valence-corrected chi connectivity index (χ3v) is 4.44. The van der Waals surface area contributed by atoms with Crippen molar-refractivity contribution in [3.63, 3.8) is 0 Å². The van der Waals surface area contributed by atoms with Crippen LogP contribution in [0.5, 0.6) is 0 Å². The van der Waals surface area contributed by atoms with Crippen LogP contribution in [0.15, 0.2) is 36.4 Å². The number of hydrogen-bond donors (Lipinski definition) is 0. The predicted octanol–water partition coefficient (Wildman–Crippen LogP) is 3.60. The summed E-state index contributed by atoms with van der Waals surface area (Å²) in [6, 6.07) is 12.4. The molecule has 0 amide bonds. The summed E-state index contributed by atoms with van der Waals surface area (Å²) in [6.07, 6.45) is 1.68. The number of rotatable bonds is 5. The molecule has 0 spiro atoms. The van der Waals surface area contributed by atoms with Gasteiger partial charge in [0.1, 0.15) is 11.4 Å². The molecular formula is C20H24N2O2. The minimum absolute atomic E-state index is 0.249. The van der Waals surface area contributed by atoms with Crippen molar-refractivity contribution in [2.45, 2.75) is 32.6 Å². The van der Waals surface area contributed by atoms with E-state index in [1.807, 2.05) is 25.2 Å². The van der Waals surface area contributed by atoms with E-state index in [-0.39, 0.29) is 5.97 Å². The number of ether oxygens (including phenoxy) is 1. The van der Waals surface area contributed by atoms with Crippen LogP contribution < -0.4 is 4.90 Å². The molecule has 2 aromatic rings. The summed E-state index contributed by atoms with van der Waals surface area (Å²) >= 11 is 0. The van der Waals surface area contributed by atoms with Gasteiger partial charge in [0.15, 0.2) is 0 Å². The van der Waals surface area contributed by atoms with E-state index in [4.69, 9.17) is 9.72 Å². The van der Waals surface area contributed by atoms with Crippen molar-refractivity contribution in [1.29, 1.82) is 0 Å². The standard InChI is InChI=1S/C20H24N2O2/c1-14(2)17-13-16-10-12-24-20(23)18(16)19(21-17)22(3)11-9-15-7-5-4-6-8-15/h4-8,13-14H,9-12H2,1-3H3. The number of aromatic nitrogens is 1. The maximum atomic E-state index is 12.3. The van der Waals surface area contributed by atoms with Gasteiger partial charge < -0.3 is 9.64 Å². The molecule has 0 aliphatic carbocycles. The minimum Gasteiger partial charge on any atom is -0.462 e. The van der Waals surface area contributed by atoms with Crippen LogP contribution in [0.25, 0.3) is 0 Å². The Morgan fingerprint density at radius 2 is 2.00 bits per heavy atom. The Labute approximate surface area is 143 Å². The van der Waals surface area contributed by atoms with Crippen LogP contribution in [0.3, 0.4) is 0 Å². The lowest BCUT2D eigenvalue weighted by Crippen LogP contribution is -2.28. The molecule has 0 radical (unpaired) electrons. The molecule has 4 nitrogen and oxygen atoms in total. The molecule has 1 aliphatic heterocycles. The van der Waals surface area contributed by atoms with Gasteiger partial charge in [0.05, 0.1) is 6.61 Å². The number of carbonyl (C=O) groups is 1. The molecule has 3 rings (SSSR count). The number of benzene rings is 1. The third kappa shape index (κ3) is 3.42. The lowest BCUT2D eigenvalue weighted by Gasteiger charge is -2.26. The van der Waals surface area contributed by atoms with Crippen LogP contribution in [0.1, 0.15) is 46.9 Å². The molecule has 2 heterocycles. The lowest BCUT2D eigenvalue weighted by molar-refractivity contribution is 0.0480.